The molecule has 0 amide bonds. The van der Waals surface area contributed by atoms with Gasteiger partial charge in [-0.05, 0) is 11.6 Å². The minimum atomic E-state index is -3.57. The first-order chi connectivity index (χ1) is 9.60. The number of nitrogens with one attached hydrogen (secondary N) is 1. The first-order valence-electron chi connectivity index (χ1n) is 6.21. The predicted octanol–water partition coefficient (Wildman–Crippen LogP) is 0.0108. The van der Waals surface area contributed by atoms with Gasteiger partial charge in [-0.3, -0.25) is 4.98 Å². The third-order valence-corrected chi connectivity index (χ3v) is 4.17. The van der Waals surface area contributed by atoms with E-state index in [1.54, 1.807) is 18.5 Å². The molecule has 1 rings (SSSR count). The average Bonchev–Trinajstić information content (AvgIpc) is 2.46. The van der Waals surface area contributed by atoms with Gasteiger partial charge in [0.05, 0.1) is 13.2 Å². The lowest BCUT2D eigenvalue weighted by Crippen LogP contribution is -2.43. The molecule has 0 fully saturated rings. The molecular weight excluding hydrogens is 282 g/mol. The van der Waals surface area contributed by atoms with Crippen molar-refractivity contribution in [2.75, 3.05) is 40.5 Å². The van der Waals surface area contributed by atoms with Crippen molar-refractivity contribution < 1.29 is 17.9 Å². The van der Waals surface area contributed by atoms with Gasteiger partial charge < -0.3 is 9.47 Å². The topological polar surface area (TPSA) is 80.8 Å². The number of hydrogen-bond acceptors (Lipinski definition) is 5. The number of rotatable bonds is 10. The molecule has 0 aromatic carbocycles. The van der Waals surface area contributed by atoms with Crippen molar-refractivity contribution in [1.82, 2.24) is 14.0 Å². The first kappa shape index (κ1) is 17.0. The molecule has 0 spiro atoms. The fourth-order valence-corrected chi connectivity index (χ4v) is 2.67. The summed E-state index contributed by atoms with van der Waals surface area (Å²) in [6.07, 6.45) is 3.26. The van der Waals surface area contributed by atoms with Gasteiger partial charge in [0.2, 0.25) is 0 Å². The van der Waals surface area contributed by atoms with Crippen molar-refractivity contribution >= 4 is 10.2 Å². The van der Waals surface area contributed by atoms with E-state index in [0.717, 1.165) is 5.56 Å². The lowest BCUT2D eigenvalue weighted by atomic mass is 10.3. The van der Waals surface area contributed by atoms with Crippen LogP contribution in [0.2, 0.25) is 0 Å². The third-order valence-electron chi connectivity index (χ3n) is 2.61. The van der Waals surface area contributed by atoms with E-state index >= 15 is 0 Å². The highest BCUT2D eigenvalue weighted by molar-refractivity contribution is 7.87. The molecule has 7 nitrogen and oxygen atoms in total. The summed E-state index contributed by atoms with van der Waals surface area (Å²) in [4.78, 5) is 3.94. The Bertz CT molecular complexity index is 459. The molecule has 0 bridgehead atoms. The summed E-state index contributed by atoms with van der Waals surface area (Å²) in [7, 11) is -0.506. The molecule has 8 heteroatoms. The average molecular weight is 303 g/mol. The molecule has 1 N–H and O–H groups in total. The molecule has 114 valence electrons. The largest absolute Gasteiger partial charge is 0.383 e. The highest BCUT2D eigenvalue weighted by Gasteiger charge is 2.20. The maximum Gasteiger partial charge on any atom is 0.279 e. The lowest BCUT2D eigenvalue weighted by molar-refractivity contribution is 0.149. The Kier molecular flexibility index (Phi) is 7.63. The van der Waals surface area contributed by atoms with Gasteiger partial charge in [-0.15, -0.1) is 0 Å². The van der Waals surface area contributed by atoms with E-state index < -0.39 is 10.2 Å². The number of hydrogen-bond donors (Lipinski definition) is 1. The van der Waals surface area contributed by atoms with Crippen LogP contribution in [-0.4, -0.2) is 58.2 Å². The molecule has 1 aromatic heterocycles. The number of nitrogens with zero attached hydrogens (tertiary/aromatic N) is 2. The number of ether oxygens (including phenoxy) is 2. The van der Waals surface area contributed by atoms with Crippen molar-refractivity contribution in [3.63, 3.8) is 0 Å². The Labute approximate surface area is 120 Å². The highest BCUT2D eigenvalue weighted by atomic mass is 32.2. The van der Waals surface area contributed by atoms with E-state index in [1.807, 2.05) is 6.07 Å². The second kappa shape index (κ2) is 8.98. The summed E-state index contributed by atoms with van der Waals surface area (Å²) in [5, 5.41) is 0. The van der Waals surface area contributed by atoms with Gasteiger partial charge in [-0.1, -0.05) is 6.07 Å². The fraction of sp³-hybridized carbons (Fsp3) is 0.583. The predicted molar refractivity (Wildman–Crippen MR) is 75.3 cm³/mol. The van der Waals surface area contributed by atoms with E-state index in [1.165, 1.54) is 18.5 Å². The van der Waals surface area contributed by atoms with E-state index in [4.69, 9.17) is 9.47 Å². The minimum absolute atomic E-state index is 0.201. The van der Waals surface area contributed by atoms with Crippen LogP contribution < -0.4 is 4.72 Å². The molecule has 0 aliphatic rings. The van der Waals surface area contributed by atoms with E-state index in [2.05, 4.69) is 9.71 Å². The normalized spacial score (nSPS) is 11.9. The van der Waals surface area contributed by atoms with Crippen LogP contribution in [0.5, 0.6) is 0 Å². The van der Waals surface area contributed by atoms with Crippen molar-refractivity contribution in [2.45, 2.75) is 6.54 Å². The van der Waals surface area contributed by atoms with Crippen LogP contribution in [-0.2, 0) is 26.2 Å². The van der Waals surface area contributed by atoms with Gasteiger partial charge in [0.15, 0.2) is 0 Å². The Morgan fingerprint density at radius 1 is 1.25 bits per heavy atom. The molecular formula is C12H21N3O4S. The summed E-state index contributed by atoms with van der Waals surface area (Å²) >= 11 is 0. The van der Waals surface area contributed by atoms with Crippen LogP contribution in [0.4, 0.5) is 0 Å². The van der Waals surface area contributed by atoms with Gasteiger partial charge in [0.1, 0.15) is 0 Å². The Morgan fingerprint density at radius 3 is 2.40 bits per heavy atom. The standard InChI is InChI=1S/C12H21N3O4S/c1-18-8-6-15(7-9-19-2)20(16,17)14-11-12-4-3-5-13-10-12/h3-5,10,14H,6-9,11H2,1-2H3. The van der Waals surface area contributed by atoms with Crippen LogP contribution >= 0.6 is 0 Å². The van der Waals surface area contributed by atoms with Crippen molar-refractivity contribution in [2.24, 2.45) is 0 Å². The second-order valence-electron chi connectivity index (χ2n) is 4.07. The zero-order chi connectivity index (χ0) is 14.8. The summed E-state index contributed by atoms with van der Waals surface area (Å²) in [6.45, 7) is 1.42. The Balaban J connectivity index is 2.61. The van der Waals surface area contributed by atoms with Crippen LogP contribution in [0.3, 0.4) is 0 Å². The molecule has 0 radical (unpaired) electrons. The number of pyridine rings is 1. The van der Waals surface area contributed by atoms with E-state index in [9.17, 15) is 8.42 Å². The number of aromatic nitrogens is 1. The van der Waals surface area contributed by atoms with Crippen LogP contribution in [0.15, 0.2) is 24.5 Å². The smallest absolute Gasteiger partial charge is 0.279 e. The number of methoxy groups -OCH3 is 2. The Hall–Kier alpha value is -1.06. The van der Waals surface area contributed by atoms with Crippen molar-refractivity contribution in [1.29, 1.82) is 0 Å². The minimum Gasteiger partial charge on any atom is -0.383 e. The molecule has 20 heavy (non-hydrogen) atoms. The van der Waals surface area contributed by atoms with Crippen LogP contribution in [0.1, 0.15) is 5.56 Å². The highest BCUT2D eigenvalue weighted by Crippen LogP contribution is 2.01. The second-order valence-corrected chi connectivity index (χ2v) is 5.83. The maximum absolute atomic E-state index is 12.2. The van der Waals surface area contributed by atoms with E-state index in [-0.39, 0.29) is 19.6 Å². The molecule has 0 aliphatic carbocycles. The zero-order valence-electron chi connectivity index (χ0n) is 11.8. The molecule has 0 saturated heterocycles. The zero-order valence-corrected chi connectivity index (χ0v) is 12.6. The summed E-state index contributed by atoms with van der Waals surface area (Å²) in [5.41, 5.74) is 0.800. The molecule has 1 heterocycles. The van der Waals surface area contributed by atoms with Crippen molar-refractivity contribution in [3.05, 3.63) is 30.1 Å². The summed E-state index contributed by atoms with van der Waals surface area (Å²) < 4.78 is 38.1. The molecule has 0 atom stereocenters. The fourth-order valence-electron chi connectivity index (χ4n) is 1.51. The van der Waals surface area contributed by atoms with Gasteiger partial charge in [-0.2, -0.15) is 17.4 Å². The van der Waals surface area contributed by atoms with Crippen molar-refractivity contribution in [3.8, 4) is 0 Å². The molecule has 0 aliphatic heterocycles. The quantitative estimate of drug-likeness (QED) is 0.658. The molecule has 0 unspecified atom stereocenters. The van der Waals surface area contributed by atoms with Crippen LogP contribution in [0, 0.1) is 0 Å². The van der Waals surface area contributed by atoms with E-state index in [0.29, 0.717) is 13.2 Å². The van der Waals surface area contributed by atoms with Crippen LogP contribution in [0.25, 0.3) is 0 Å². The maximum atomic E-state index is 12.2. The third kappa shape index (κ3) is 5.93. The van der Waals surface area contributed by atoms with Gasteiger partial charge in [0, 0.05) is 46.2 Å². The van der Waals surface area contributed by atoms with Gasteiger partial charge in [-0.25, -0.2) is 0 Å². The lowest BCUT2D eigenvalue weighted by Gasteiger charge is -2.21. The van der Waals surface area contributed by atoms with Gasteiger partial charge in [0.25, 0.3) is 10.2 Å². The molecule has 0 saturated carbocycles. The Morgan fingerprint density at radius 2 is 1.90 bits per heavy atom. The first-order valence-corrected chi connectivity index (χ1v) is 7.65. The SMILES string of the molecule is COCCN(CCOC)S(=O)(=O)NCc1cccnc1. The summed E-state index contributed by atoms with van der Waals surface area (Å²) in [6, 6.07) is 3.57. The molecule has 1 aromatic rings. The summed E-state index contributed by atoms with van der Waals surface area (Å²) in [5.74, 6) is 0. The van der Waals surface area contributed by atoms with Gasteiger partial charge >= 0.3 is 0 Å². The monoisotopic (exact) mass is 303 g/mol.